The number of benzene rings is 1. The molecular weight excluding hydrogens is 238 g/mol. The minimum absolute atomic E-state index is 0.499. The van der Waals surface area contributed by atoms with Gasteiger partial charge in [-0.05, 0) is 13.0 Å². The number of aliphatic carboxylic acids is 1. The maximum absolute atomic E-state index is 11.6. The van der Waals surface area contributed by atoms with Crippen molar-refractivity contribution in [2.45, 2.75) is 6.92 Å². The fourth-order valence-corrected chi connectivity index (χ4v) is 2.32. The molecule has 2 rings (SSSR count). The van der Waals surface area contributed by atoms with E-state index >= 15 is 0 Å². The number of thiophene rings is 1. The Labute approximate surface area is 102 Å². The number of nitrogens with one attached hydrogen (secondary N) is 1. The van der Waals surface area contributed by atoms with Gasteiger partial charge < -0.3 is 10.4 Å². The van der Waals surface area contributed by atoms with Crippen molar-refractivity contribution in [2.75, 3.05) is 5.32 Å². The van der Waals surface area contributed by atoms with Crippen LogP contribution in [0.25, 0.3) is 10.1 Å². The van der Waals surface area contributed by atoms with E-state index in [1.54, 1.807) is 0 Å². The van der Waals surface area contributed by atoms with Gasteiger partial charge in [0.05, 0.1) is 5.69 Å². The largest absolute Gasteiger partial charge is 0.481 e. The summed E-state index contributed by atoms with van der Waals surface area (Å²) in [5.41, 5.74) is 0.670. The van der Waals surface area contributed by atoms with E-state index in [0.717, 1.165) is 10.1 Å². The van der Waals surface area contributed by atoms with Crippen LogP contribution < -0.4 is 5.32 Å². The summed E-state index contributed by atoms with van der Waals surface area (Å²) in [5, 5.41) is 14.1. The predicted octanol–water partition coefficient (Wildman–Crippen LogP) is 2.56. The van der Waals surface area contributed by atoms with E-state index in [0.29, 0.717) is 5.69 Å². The van der Waals surface area contributed by atoms with Gasteiger partial charge in [0.2, 0.25) is 5.91 Å². The molecule has 2 N–H and O–H groups in total. The number of carbonyl (C=O) groups is 2. The number of hydrogen-bond acceptors (Lipinski definition) is 3. The third kappa shape index (κ3) is 2.29. The van der Waals surface area contributed by atoms with Crippen LogP contribution >= 0.6 is 11.3 Å². The molecule has 1 amide bonds. The Morgan fingerprint density at radius 3 is 2.76 bits per heavy atom. The van der Waals surface area contributed by atoms with Crippen LogP contribution in [-0.4, -0.2) is 17.0 Å². The van der Waals surface area contributed by atoms with Gasteiger partial charge in [-0.2, -0.15) is 0 Å². The van der Waals surface area contributed by atoms with Gasteiger partial charge in [-0.15, -0.1) is 11.3 Å². The standard InChI is InChI=1S/C12H11NO3S/c1-7(12(15)16)11(14)13-9-6-17-10-5-3-2-4-8(9)10/h2-7H,1H3,(H,13,14)(H,15,16). The molecule has 0 radical (unpaired) electrons. The van der Waals surface area contributed by atoms with Crippen LogP contribution in [-0.2, 0) is 9.59 Å². The smallest absolute Gasteiger partial charge is 0.315 e. The minimum Gasteiger partial charge on any atom is -0.481 e. The Hall–Kier alpha value is -1.88. The van der Waals surface area contributed by atoms with Crippen LogP contribution in [0.1, 0.15) is 6.92 Å². The Bertz CT molecular complexity index is 576. The highest BCUT2D eigenvalue weighted by Gasteiger charge is 2.21. The van der Waals surface area contributed by atoms with Crippen LogP contribution in [0.5, 0.6) is 0 Å². The molecule has 0 fully saturated rings. The van der Waals surface area contributed by atoms with E-state index in [4.69, 9.17) is 5.11 Å². The van der Waals surface area contributed by atoms with E-state index in [1.807, 2.05) is 29.6 Å². The molecular formula is C12H11NO3S. The van der Waals surface area contributed by atoms with Crippen LogP contribution in [0, 0.1) is 5.92 Å². The molecule has 2 aromatic rings. The van der Waals surface area contributed by atoms with Gasteiger partial charge >= 0.3 is 5.97 Å². The summed E-state index contributed by atoms with van der Waals surface area (Å²) in [6.45, 7) is 1.37. The molecule has 4 nitrogen and oxygen atoms in total. The summed E-state index contributed by atoms with van der Waals surface area (Å²) in [6, 6.07) is 7.65. The molecule has 1 unspecified atom stereocenters. The predicted molar refractivity (Wildman–Crippen MR) is 67.3 cm³/mol. The van der Waals surface area contributed by atoms with E-state index < -0.39 is 17.8 Å². The average molecular weight is 249 g/mol. The molecule has 0 bridgehead atoms. The minimum atomic E-state index is -1.12. The van der Waals surface area contributed by atoms with Gasteiger partial charge in [0.1, 0.15) is 5.92 Å². The van der Waals surface area contributed by atoms with E-state index in [9.17, 15) is 9.59 Å². The summed E-state index contributed by atoms with van der Waals surface area (Å²) < 4.78 is 1.06. The highest BCUT2D eigenvalue weighted by Crippen LogP contribution is 2.30. The number of carbonyl (C=O) groups excluding carboxylic acids is 1. The first-order chi connectivity index (χ1) is 8.09. The van der Waals surface area contributed by atoms with Crippen molar-refractivity contribution in [1.82, 2.24) is 0 Å². The second-order valence-electron chi connectivity index (χ2n) is 3.69. The zero-order valence-corrected chi connectivity index (χ0v) is 9.95. The second kappa shape index (κ2) is 4.55. The Morgan fingerprint density at radius 1 is 1.35 bits per heavy atom. The number of hydrogen-bond donors (Lipinski definition) is 2. The molecule has 1 heterocycles. The number of carboxylic acids is 1. The average Bonchev–Trinajstić information content (AvgIpc) is 2.71. The molecule has 1 aromatic heterocycles. The third-order valence-corrected chi connectivity index (χ3v) is 3.47. The lowest BCUT2D eigenvalue weighted by Crippen LogP contribution is -2.26. The monoisotopic (exact) mass is 249 g/mol. The van der Waals surface area contributed by atoms with Crippen molar-refractivity contribution in [3.63, 3.8) is 0 Å². The maximum Gasteiger partial charge on any atom is 0.315 e. The van der Waals surface area contributed by atoms with E-state index in [2.05, 4.69) is 5.32 Å². The van der Waals surface area contributed by atoms with Gasteiger partial charge in [0.15, 0.2) is 0 Å². The summed E-state index contributed by atoms with van der Waals surface area (Å²) in [7, 11) is 0. The number of amides is 1. The molecule has 0 aliphatic heterocycles. The topological polar surface area (TPSA) is 66.4 Å². The van der Waals surface area contributed by atoms with Gasteiger partial charge in [0, 0.05) is 15.5 Å². The maximum atomic E-state index is 11.6. The summed E-state index contributed by atoms with van der Waals surface area (Å²) in [6.07, 6.45) is 0. The van der Waals surface area contributed by atoms with Crippen molar-refractivity contribution >= 4 is 39.0 Å². The first-order valence-corrected chi connectivity index (χ1v) is 5.97. The quantitative estimate of drug-likeness (QED) is 0.821. The van der Waals surface area contributed by atoms with Gasteiger partial charge in [-0.3, -0.25) is 9.59 Å². The highest BCUT2D eigenvalue weighted by molar-refractivity contribution is 7.17. The van der Waals surface area contributed by atoms with Crippen LogP contribution in [0.4, 0.5) is 5.69 Å². The molecule has 0 aliphatic rings. The molecule has 5 heteroatoms. The summed E-state index contributed by atoms with van der Waals surface area (Å²) in [4.78, 5) is 22.3. The fraction of sp³-hybridized carbons (Fsp3) is 0.167. The van der Waals surface area contributed by atoms with E-state index in [-0.39, 0.29) is 0 Å². The summed E-state index contributed by atoms with van der Waals surface area (Å²) >= 11 is 1.51. The lowest BCUT2D eigenvalue weighted by atomic mass is 10.1. The zero-order chi connectivity index (χ0) is 12.4. The Kier molecular flexibility index (Phi) is 3.10. The molecule has 0 saturated heterocycles. The van der Waals surface area contributed by atoms with Crippen LogP contribution in [0.3, 0.4) is 0 Å². The molecule has 0 saturated carbocycles. The molecule has 0 aliphatic carbocycles. The Morgan fingerprint density at radius 2 is 2.06 bits per heavy atom. The number of anilines is 1. The lowest BCUT2D eigenvalue weighted by molar-refractivity contribution is -0.144. The van der Waals surface area contributed by atoms with E-state index in [1.165, 1.54) is 18.3 Å². The van der Waals surface area contributed by atoms with Crippen LogP contribution in [0.2, 0.25) is 0 Å². The van der Waals surface area contributed by atoms with Crippen molar-refractivity contribution in [1.29, 1.82) is 0 Å². The van der Waals surface area contributed by atoms with Gasteiger partial charge in [-0.25, -0.2) is 0 Å². The van der Waals surface area contributed by atoms with Crippen molar-refractivity contribution in [2.24, 2.45) is 5.92 Å². The lowest BCUT2D eigenvalue weighted by Gasteiger charge is -2.07. The molecule has 1 aromatic carbocycles. The summed E-state index contributed by atoms with van der Waals surface area (Å²) in [5.74, 6) is -2.67. The van der Waals surface area contributed by atoms with Crippen LogP contribution in [0.15, 0.2) is 29.6 Å². The second-order valence-corrected chi connectivity index (χ2v) is 4.61. The number of fused-ring (bicyclic) bond motifs is 1. The van der Waals surface area contributed by atoms with Crippen molar-refractivity contribution < 1.29 is 14.7 Å². The first-order valence-electron chi connectivity index (χ1n) is 5.09. The number of rotatable bonds is 3. The third-order valence-electron chi connectivity index (χ3n) is 2.50. The van der Waals surface area contributed by atoms with Gasteiger partial charge in [0.25, 0.3) is 0 Å². The number of carboxylic acid groups (broad SMARTS) is 1. The highest BCUT2D eigenvalue weighted by atomic mass is 32.1. The molecule has 88 valence electrons. The zero-order valence-electron chi connectivity index (χ0n) is 9.14. The molecule has 17 heavy (non-hydrogen) atoms. The first kappa shape index (κ1) is 11.6. The fourth-order valence-electron chi connectivity index (χ4n) is 1.43. The SMILES string of the molecule is CC(C(=O)O)C(=O)Nc1csc2ccccc12. The van der Waals surface area contributed by atoms with Gasteiger partial charge in [-0.1, -0.05) is 18.2 Å². The van der Waals surface area contributed by atoms with Crippen molar-refractivity contribution in [3.8, 4) is 0 Å². The molecule has 1 atom stereocenters. The Balaban J connectivity index is 2.24. The molecule has 0 spiro atoms. The normalized spacial score (nSPS) is 12.3. The van der Waals surface area contributed by atoms with Crippen molar-refractivity contribution in [3.05, 3.63) is 29.6 Å².